The van der Waals surface area contributed by atoms with Crippen LogP contribution in [0.1, 0.15) is 0 Å². The summed E-state index contributed by atoms with van der Waals surface area (Å²) in [7, 11) is 0. The van der Waals surface area contributed by atoms with Crippen LogP contribution < -0.4 is 0 Å². The molecule has 0 amide bonds. The van der Waals surface area contributed by atoms with Gasteiger partial charge in [0.1, 0.15) is 16.7 Å². The summed E-state index contributed by atoms with van der Waals surface area (Å²) in [6, 6.07) is 25.7. The molecule has 1 N–H and O–H groups in total. The average Bonchev–Trinajstić information content (AvgIpc) is 3.16. The van der Waals surface area contributed by atoms with Gasteiger partial charge in [-0.1, -0.05) is 66.2 Å². The Morgan fingerprint density at radius 2 is 1.38 bits per heavy atom. The number of nitrogens with zero attached hydrogens (tertiary/aromatic N) is 3. The van der Waals surface area contributed by atoms with Crippen LogP contribution in [0.2, 0.25) is 5.02 Å². The molecule has 0 bridgehead atoms. The second-order valence-electron chi connectivity index (χ2n) is 7.10. The van der Waals surface area contributed by atoms with E-state index in [-0.39, 0.29) is 5.75 Å². The van der Waals surface area contributed by atoms with Crippen molar-refractivity contribution in [1.82, 2.24) is 15.0 Å². The quantitative estimate of drug-likeness (QED) is 0.335. The van der Waals surface area contributed by atoms with E-state index in [1.54, 1.807) is 12.1 Å². The average molecular weight is 396 g/mol. The van der Waals surface area contributed by atoms with Crippen LogP contribution in [-0.2, 0) is 0 Å². The highest BCUT2D eigenvalue weighted by molar-refractivity contribution is 6.31. The highest BCUT2D eigenvalue weighted by Crippen LogP contribution is 2.39. The summed E-state index contributed by atoms with van der Waals surface area (Å²) in [5.41, 5.74) is 1.93. The predicted molar refractivity (Wildman–Crippen MR) is 118 cm³/mol. The Balaban J connectivity index is 1.73. The Labute approximate surface area is 170 Å². The number of halogens is 1. The molecule has 0 atom stereocenters. The molecule has 29 heavy (non-hydrogen) atoms. The molecule has 0 radical (unpaired) electrons. The minimum atomic E-state index is 0.163. The molecule has 0 aliphatic carbocycles. The molecule has 6 rings (SSSR count). The number of phenols is 1. The Hall–Kier alpha value is -3.63. The number of phenolic OH excluding ortho intramolecular Hbond substituents is 1. The minimum Gasteiger partial charge on any atom is -0.505 e. The van der Waals surface area contributed by atoms with Gasteiger partial charge in [0.05, 0.1) is 0 Å². The number of benzene rings is 5. The first-order valence-electron chi connectivity index (χ1n) is 9.28. The van der Waals surface area contributed by atoms with Crippen molar-refractivity contribution in [2.24, 2.45) is 0 Å². The largest absolute Gasteiger partial charge is 0.505 e. The number of aromatic nitrogens is 3. The van der Waals surface area contributed by atoms with Crippen molar-refractivity contribution in [3.8, 4) is 11.4 Å². The van der Waals surface area contributed by atoms with Crippen LogP contribution in [0.4, 0.5) is 0 Å². The van der Waals surface area contributed by atoms with Gasteiger partial charge >= 0.3 is 0 Å². The van der Waals surface area contributed by atoms with Crippen LogP contribution >= 0.6 is 11.6 Å². The Morgan fingerprint density at radius 3 is 2.24 bits per heavy atom. The van der Waals surface area contributed by atoms with Crippen molar-refractivity contribution in [3.05, 3.63) is 83.9 Å². The smallest absolute Gasteiger partial charge is 0.151 e. The third kappa shape index (κ3) is 2.39. The summed E-state index contributed by atoms with van der Waals surface area (Å²) in [6.07, 6.45) is 0. The molecule has 0 fully saturated rings. The number of hydrogen-bond donors (Lipinski definition) is 1. The van der Waals surface area contributed by atoms with Gasteiger partial charge < -0.3 is 5.11 Å². The minimum absolute atomic E-state index is 0.163. The van der Waals surface area contributed by atoms with E-state index in [9.17, 15) is 5.11 Å². The van der Waals surface area contributed by atoms with Gasteiger partial charge in [-0.3, -0.25) is 0 Å². The van der Waals surface area contributed by atoms with Crippen molar-refractivity contribution in [2.45, 2.75) is 0 Å². The van der Waals surface area contributed by atoms with E-state index in [0.717, 1.165) is 37.8 Å². The molecule has 0 aliphatic heterocycles. The molecule has 0 aliphatic rings. The van der Waals surface area contributed by atoms with Gasteiger partial charge in [0.25, 0.3) is 0 Å². The van der Waals surface area contributed by atoms with Gasteiger partial charge in [0, 0.05) is 15.8 Å². The van der Waals surface area contributed by atoms with E-state index < -0.39 is 0 Å². The van der Waals surface area contributed by atoms with Crippen LogP contribution in [0.5, 0.6) is 5.75 Å². The molecular weight excluding hydrogens is 382 g/mol. The molecular formula is C24H14ClN3O. The maximum atomic E-state index is 11.3. The van der Waals surface area contributed by atoms with Crippen molar-refractivity contribution in [3.63, 3.8) is 0 Å². The molecule has 0 saturated carbocycles. The SMILES string of the molecule is Oc1c(-n2nc3ccc(Cl)cc3n2)ccc2ccc3ccc4ccccc4c3c12. The number of aromatic hydroxyl groups is 1. The van der Waals surface area contributed by atoms with Crippen LogP contribution in [-0.4, -0.2) is 20.1 Å². The van der Waals surface area contributed by atoms with Gasteiger partial charge in [-0.2, -0.15) is 0 Å². The Bertz CT molecular complexity index is 1580. The van der Waals surface area contributed by atoms with Crippen LogP contribution in [0.25, 0.3) is 49.0 Å². The molecule has 138 valence electrons. The van der Waals surface area contributed by atoms with Crippen LogP contribution in [0.3, 0.4) is 0 Å². The number of fused-ring (bicyclic) bond motifs is 6. The maximum Gasteiger partial charge on any atom is 0.151 e. The fourth-order valence-electron chi connectivity index (χ4n) is 4.04. The summed E-state index contributed by atoms with van der Waals surface area (Å²) in [5.74, 6) is 0.163. The zero-order chi connectivity index (χ0) is 19.5. The van der Waals surface area contributed by atoms with E-state index in [1.807, 2.05) is 36.4 Å². The molecule has 5 heteroatoms. The first-order valence-corrected chi connectivity index (χ1v) is 9.66. The summed E-state index contributed by atoms with van der Waals surface area (Å²) in [6.45, 7) is 0. The number of hydrogen-bond acceptors (Lipinski definition) is 3. The Kier molecular flexibility index (Phi) is 3.34. The molecule has 0 unspecified atom stereocenters. The first kappa shape index (κ1) is 16.3. The normalized spacial score (nSPS) is 11.8. The molecule has 0 saturated heterocycles. The summed E-state index contributed by atoms with van der Waals surface area (Å²) >= 11 is 6.08. The zero-order valence-corrected chi connectivity index (χ0v) is 15.9. The van der Waals surface area contributed by atoms with Crippen molar-refractivity contribution in [1.29, 1.82) is 0 Å². The third-order valence-corrected chi connectivity index (χ3v) is 5.64. The van der Waals surface area contributed by atoms with Gasteiger partial charge in [-0.15, -0.1) is 15.0 Å². The van der Waals surface area contributed by atoms with Crippen molar-refractivity contribution in [2.75, 3.05) is 0 Å². The maximum absolute atomic E-state index is 11.3. The zero-order valence-electron chi connectivity index (χ0n) is 15.2. The highest BCUT2D eigenvalue weighted by Gasteiger charge is 2.15. The molecule has 5 aromatic carbocycles. The van der Waals surface area contributed by atoms with Gasteiger partial charge in [0.2, 0.25) is 0 Å². The van der Waals surface area contributed by atoms with E-state index >= 15 is 0 Å². The second-order valence-corrected chi connectivity index (χ2v) is 7.54. The number of rotatable bonds is 1. The summed E-state index contributed by atoms with van der Waals surface area (Å²) in [4.78, 5) is 1.47. The van der Waals surface area contributed by atoms with E-state index in [0.29, 0.717) is 16.2 Å². The lowest BCUT2D eigenvalue weighted by molar-refractivity contribution is 0.474. The fraction of sp³-hybridized carbons (Fsp3) is 0. The Morgan fingerprint density at radius 1 is 0.690 bits per heavy atom. The van der Waals surface area contributed by atoms with Gasteiger partial charge in [-0.05, 0) is 45.8 Å². The molecule has 1 aromatic heterocycles. The van der Waals surface area contributed by atoms with Crippen molar-refractivity contribution < 1.29 is 5.11 Å². The van der Waals surface area contributed by atoms with Crippen LogP contribution in [0.15, 0.2) is 78.9 Å². The predicted octanol–water partition coefficient (Wildman–Crippen LogP) is 6.24. The fourth-order valence-corrected chi connectivity index (χ4v) is 4.21. The third-order valence-electron chi connectivity index (χ3n) is 5.40. The highest BCUT2D eigenvalue weighted by atomic mass is 35.5. The summed E-state index contributed by atoms with van der Waals surface area (Å²) in [5, 5.41) is 27.1. The molecule has 1 heterocycles. The van der Waals surface area contributed by atoms with Gasteiger partial charge in [-0.25, -0.2) is 0 Å². The molecule has 6 aromatic rings. The second kappa shape index (κ2) is 5.93. The molecule has 4 nitrogen and oxygen atoms in total. The topological polar surface area (TPSA) is 50.9 Å². The lowest BCUT2D eigenvalue weighted by Crippen LogP contribution is -1.99. The molecule has 0 spiro atoms. The van der Waals surface area contributed by atoms with Gasteiger partial charge in [0.15, 0.2) is 5.75 Å². The monoisotopic (exact) mass is 395 g/mol. The summed E-state index contributed by atoms with van der Waals surface area (Å²) < 4.78 is 0. The van der Waals surface area contributed by atoms with E-state index in [2.05, 4.69) is 40.5 Å². The van der Waals surface area contributed by atoms with E-state index in [1.165, 1.54) is 4.80 Å². The standard InChI is InChI=1S/C24H14ClN3O/c25-17-10-11-19-20(13-17)27-28(26-19)21-12-9-16-8-7-15-6-5-14-3-1-2-4-18(14)22(15)23(16)24(21)29/h1-13,29H. The van der Waals surface area contributed by atoms with Crippen LogP contribution in [0, 0.1) is 0 Å². The van der Waals surface area contributed by atoms with Crippen molar-refractivity contribution >= 4 is 55.0 Å². The van der Waals surface area contributed by atoms with E-state index in [4.69, 9.17) is 11.6 Å². The lowest BCUT2D eigenvalue weighted by Gasteiger charge is -2.12. The first-order chi connectivity index (χ1) is 14.2. The lowest BCUT2D eigenvalue weighted by atomic mass is 9.95.